The van der Waals surface area contributed by atoms with Crippen LogP contribution in [-0.4, -0.2) is 17.1 Å². The van der Waals surface area contributed by atoms with E-state index in [1.807, 2.05) is 43.4 Å². The number of nitrogens with zero attached hydrogens (tertiary/aromatic N) is 2. The average molecular weight is 396 g/mol. The first-order valence-electron chi connectivity index (χ1n) is 8.59. The summed E-state index contributed by atoms with van der Waals surface area (Å²) in [5.74, 6) is 1.29. The average Bonchev–Trinajstić information content (AvgIpc) is 2.70. The molecule has 0 aliphatic rings. The minimum absolute atomic E-state index is 0.0299. The number of benzene rings is 2. The maximum Gasteiger partial charge on any atom is 0.162 e. The van der Waals surface area contributed by atoms with Crippen LogP contribution >= 0.6 is 11.6 Å². The second-order valence-electron chi connectivity index (χ2n) is 5.89. The van der Waals surface area contributed by atoms with Gasteiger partial charge in [0.1, 0.15) is 17.4 Å². The number of halogens is 2. The Hall–Kier alpha value is -3.18. The highest BCUT2D eigenvalue weighted by atomic mass is 35.5. The quantitative estimate of drug-likeness (QED) is 0.496. The first kappa shape index (κ1) is 19.6. The van der Waals surface area contributed by atoms with Crippen molar-refractivity contribution in [1.29, 1.82) is 0 Å². The van der Waals surface area contributed by atoms with Gasteiger partial charge in [0.2, 0.25) is 0 Å². The van der Waals surface area contributed by atoms with Crippen LogP contribution in [0.25, 0.3) is 16.5 Å². The molecule has 0 atom stereocenters. The molecular formula is C22H19ClFN3O. The molecule has 0 aliphatic heterocycles. The van der Waals surface area contributed by atoms with Crippen LogP contribution in [0.5, 0.6) is 5.75 Å². The lowest BCUT2D eigenvalue weighted by atomic mass is 10.1. The fourth-order valence-corrected chi connectivity index (χ4v) is 2.86. The summed E-state index contributed by atoms with van der Waals surface area (Å²) in [6.07, 6.45) is 7.33. The molecule has 0 unspecified atom stereocenters. The molecule has 2 aromatic carbocycles. The highest BCUT2D eigenvalue weighted by Crippen LogP contribution is 2.30. The molecule has 0 spiro atoms. The van der Waals surface area contributed by atoms with Crippen LogP contribution in [-0.2, 0) is 0 Å². The Bertz CT molecular complexity index is 1090. The fourth-order valence-electron chi connectivity index (χ4n) is 2.68. The van der Waals surface area contributed by atoms with Gasteiger partial charge < -0.3 is 10.1 Å². The van der Waals surface area contributed by atoms with Crippen LogP contribution < -0.4 is 10.1 Å². The summed E-state index contributed by atoms with van der Waals surface area (Å²) in [5.41, 5.74) is 2.16. The van der Waals surface area contributed by atoms with Gasteiger partial charge in [-0.1, -0.05) is 42.5 Å². The topological polar surface area (TPSA) is 47.0 Å². The van der Waals surface area contributed by atoms with Crippen molar-refractivity contribution in [2.24, 2.45) is 0 Å². The third-order valence-electron chi connectivity index (χ3n) is 3.99. The Kier molecular flexibility index (Phi) is 6.06. The van der Waals surface area contributed by atoms with E-state index in [1.54, 1.807) is 19.3 Å². The summed E-state index contributed by atoms with van der Waals surface area (Å²) in [6.45, 7) is 5.67. The third-order valence-corrected chi connectivity index (χ3v) is 4.28. The molecule has 28 heavy (non-hydrogen) atoms. The molecule has 142 valence electrons. The highest BCUT2D eigenvalue weighted by Gasteiger charge is 2.12. The number of rotatable bonds is 6. The van der Waals surface area contributed by atoms with Gasteiger partial charge in [0.25, 0.3) is 0 Å². The van der Waals surface area contributed by atoms with Gasteiger partial charge in [-0.3, -0.25) is 0 Å². The molecule has 4 nitrogen and oxygen atoms in total. The molecule has 0 bridgehead atoms. The molecule has 1 N–H and O–H groups in total. The van der Waals surface area contributed by atoms with Crippen molar-refractivity contribution in [1.82, 2.24) is 9.97 Å². The zero-order chi connectivity index (χ0) is 20.1. The van der Waals surface area contributed by atoms with Crippen molar-refractivity contribution in [3.05, 3.63) is 83.9 Å². The fraction of sp³-hybridized carbons (Fsp3) is 0.0909. The number of fused-ring (bicyclic) bond motifs is 1. The standard InChI is InChI=1S/C22H19ClFN3O/c1-4-6-14(7-5-2)21-26-20-11-9-16(28-3)13-17(20)22(27-21)25-15-8-10-19(24)18(23)12-15/h4-13H,1H2,2-3H3,(H,25,26,27)/b7-5-,14-6+. The number of nitrogens with one attached hydrogen (secondary N) is 1. The van der Waals surface area contributed by atoms with Gasteiger partial charge in [-0.25, -0.2) is 14.4 Å². The van der Waals surface area contributed by atoms with Crippen molar-refractivity contribution in [2.75, 3.05) is 12.4 Å². The predicted molar refractivity (Wildman–Crippen MR) is 114 cm³/mol. The number of methoxy groups -OCH3 is 1. The van der Waals surface area contributed by atoms with Crippen LogP contribution in [0.15, 0.2) is 67.3 Å². The second kappa shape index (κ2) is 8.67. The Morgan fingerprint density at radius 1 is 1.21 bits per heavy atom. The largest absolute Gasteiger partial charge is 0.497 e. The summed E-state index contributed by atoms with van der Waals surface area (Å²) < 4.78 is 18.8. The van der Waals surface area contributed by atoms with E-state index in [0.717, 1.165) is 16.5 Å². The van der Waals surface area contributed by atoms with Gasteiger partial charge in [-0.05, 0) is 43.3 Å². The van der Waals surface area contributed by atoms with E-state index in [4.69, 9.17) is 16.3 Å². The summed E-state index contributed by atoms with van der Waals surface area (Å²) in [4.78, 5) is 9.34. The van der Waals surface area contributed by atoms with E-state index in [0.29, 0.717) is 23.1 Å². The minimum Gasteiger partial charge on any atom is -0.497 e. The van der Waals surface area contributed by atoms with Gasteiger partial charge >= 0.3 is 0 Å². The molecule has 0 saturated carbocycles. The highest BCUT2D eigenvalue weighted by molar-refractivity contribution is 6.31. The molecule has 0 saturated heterocycles. The molecule has 0 amide bonds. The Morgan fingerprint density at radius 3 is 2.71 bits per heavy atom. The molecule has 3 aromatic rings. The van der Waals surface area contributed by atoms with Gasteiger partial charge in [-0.2, -0.15) is 0 Å². The molecule has 6 heteroatoms. The Balaban J connectivity index is 2.19. The van der Waals surface area contributed by atoms with Crippen molar-refractivity contribution < 1.29 is 9.13 Å². The van der Waals surface area contributed by atoms with Gasteiger partial charge in [0, 0.05) is 16.6 Å². The number of hydrogen-bond donors (Lipinski definition) is 1. The minimum atomic E-state index is -0.480. The maximum atomic E-state index is 13.5. The van der Waals surface area contributed by atoms with Crippen molar-refractivity contribution in [2.45, 2.75) is 6.92 Å². The summed E-state index contributed by atoms with van der Waals surface area (Å²) >= 11 is 5.91. The summed E-state index contributed by atoms with van der Waals surface area (Å²) in [6, 6.07) is 9.96. The van der Waals surface area contributed by atoms with Gasteiger partial charge in [0.05, 0.1) is 17.6 Å². The second-order valence-corrected chi connectivity index (χ2v) is 6.30. The number of ether oxygens (including phenoxy) is 1. The lowest BCUT2D eigenvalue weighted by Gasteiger charge is -2.13. The molecule has 0 aliphatic carbocycles. The molecule has 1 aromatic heterocycles. The molecule has 0 radical (unpaired) electrons. The van der Waals surface area contributed by atoms with Crippen molar-refractivity contribution in [3.8, 4) is 5.75 Å². The van der Waals surface area contributed by atoms with E-state index in [2.05, 4.69) is 21.9 Å². The molecule has 3 rings (SSSR count). The van der Waals surface area contributed by atoms with Crippen molar-refractivity contribution in [3.63, 3.8) is 0 Å². The van der Waals surface area contributed by atoms with Crippen LogP contribution in [0.2, 0.25) is 5.02 Å². The Morgan fingerprint density at radius 2 is 2.04 bits per heavy atom. The normalized spacial score (nSPS) is 11.8. The van der Waals surface area contributed by atoms with E-state index in [9.17, 15) is 4.39 Å². The number of aromatic nitrogens is 2. The summed E-state index contributed by atoms with van der Waals surface area (Å²) in [7, 11) is 1.60. The third kappa shape index (κ3) is 4.21. The smallest absolute Gasteiger partial charge is 0.162 e. The molecule has 0 fully saturated rings. The van der Waals surface area contributed by atoms with E-state index >= 15 is 0 Å². The first-order valence-corrected chi connectivity index (χ1v) is 8.97. The van der Waals surface area contributed by atoms with Crippen LogP contribution in [0, 0.1) is 5.82 Å². The molecule has 1 heterocycles. The zero-order valence-electron chi connectivity index (χ0n) is 15.5. The van der Waals surface area contributed by atoms with Crippen molar-refractivity contribution >= 4 is 39.6 Å². The van der Waals surface area contributed by atoms with E-state index in [-0.39, 0.29) is 5.02 Å². The monoisotopic (exact) mass is 395 g/mol. The predicted octanol–water partition coefficient (Wildman–Crippen LogP) is 6.32. The van der Waals surface area contributed by atoms with E-state index < -0.39 is 5.82 Å². The lowest BCUT2D eigenvalue weighted by Crippen LogP contribution is -2.02. The zero-order valence-corrected chi connectivity index (χ0v) is 16.3. The van der Waals surface area contributed by atoms with Gasteiger partial charge in [-0.15, -0.1) is 0 Å². The van der Waals surface area contributed by atoms with Gasteiger partial charge in [0.15, 0.2) is 5.82 Å². The first-order chi connectivity index (χ1) is 13.5. The Labute approximate surface area is 168 Å². The number of hydrogen-bond acceptors (Lipinski definition) is 4. The van der Waals surface area contributed by atoms with Crippen LogP contribution in [0.4, 0.5) is 15.9 Å². The lowest BCUT2D eigenvalue weighted by molar-refractivity contribution is 0.415. The van der Waals surface area contributed by atoms with Crippen LogP contribution in [0.1, 0.15) is 12.7 Å². The SMILES string of the molecule is C=C/C=C(\C=C/C)c1nc(Nc2ccc(F)c(Cl)c2)c2cc(OC)ccc2n1. The van der Waals surface area contributed by atoms with E-state index in [1.165, 1.54) is 12.1 Å². The molecular weight excluding hydrogens is 377 g/mol. The van der Waals surface area contributed by atoms with Crippen LogP contribution in [0.3, 0.4) is 0 Å². The number of anilines is 2. The summed E-state index contributed by atoms with van der Waals surface area (Å²) in [5, 5.41) is 4.01. The maximum absolute atomic E-state index is 13.5. The number of allylic oxidation sites excluding steroid dienone is 5.